The molecule has 0 bridgehead atoms. The predicted molar refractivity (Wildman–Crippen MR) is 61.8 cm³/mol. The molecule has 16 heavy (non-hydrogen) atoms. The molecule has 1 rings (SSSR count). The molecule has 0 unspecified atom stereocenters. The van der Waals surface area contributed by atoms with Crippen molar-refractivity contribution in [1.82, 2.24) is 0 Å². The Morgan fingerprint density at radius 2 is 1.94 bits per heavy atom. The van der Waals surface area contributed by atoms with E-state index in [1.54, 1.807) is 13.8 Å². The van der Waals surface area contributed by atoms with Crippen LogP contribution in [0.25, 0.3) is 0 Å². The van der Waals surface area contributed by atoms with Crippen LogP contribution in [0.5, 0.6) is 0 Å². The van der Waals surface area contributed by atoms with Crippen molar-refractivity contribution in [3.8, 4) is 0 Å². The maximum absolute atomic E-state index is 13.4. The van der Waals surface area contributed by atoms with Gasteiger partial charge in [-0.15, -0.1) is 0 Å². The van der Waals surface area contributed by atoms with Gasteiger partial charge >= 0.3 is 0 Å². The SMILES string of the molecule is CCOCC1(CCCC(F)(F)C(C)C)CC1. The molecule has 0 aromatic carbocycles. The van der Waals surface area contributed by atoms with Crippen molar-refractivity contribution in [1.29, 1.82) is 0 Å². The number of alkyl halides is 2. The summed E-state index contributed by atoms with van der Waals surface area (Å²) in [5, 5.41) is 0. The van der Waals surface area contributed by atoms with Gasteiger partial charge in [0.25, 0.3) is 0 Å². The normalized spacial score (nSPS) is 19.1. The third-order valence-electron chi connectivity index (χ3n) is 3.63. The molecule has 0 saturated heterocycles. The van der Waals surface area contributed by atoms with E-state index in [2.05, 4.69) is 0 Å². The van der Waals surface area contributed by atoms with E-state index < -0.39 is 11.8 Å². The molecule has 1 aliphatic rings. The summed E-state index contributed by atoms with van der Waals surface area (Å²) >= 11 is 0. The summed E-state index contributed by atoms with van der Waals surface area (Å²) in [5.41, 5.74) is 0.253. The van der Waals surface area contributed by atoms with Crippen molar-refractivity contribution >= 4 is 0 Å². The highest BCUT2D eigenvalue weighted by Gasteiger charge is 2.43. The molecule has 0 atom stereocenters. The highest BCUT2D eigenvalue weighted by molar-refractivity contribution is 4.93. The van der Waals surface area contributed by atoms with Gasteiger partial charge in [0.05, 0.1) is 6.61 Å². The van der Waals surface area contributed by atoms with E-state index in [4.69, 9.17) is 4.74 Å². The van der Waals surface area contributed by atoms with Crippen LogP contribution in [0.15, 0.2) is 0 Å². The van der Waals surface area contributed by atoms with Gasteiger partial charge in [-0.25, -0.2) is 8.78 Å². The maximum Gasteiger partial charge on any atom is 0.250 e. The predicted octanol–water partition coefficient (Wildman–Crippen LogP) is 4.26. The maximum atomic E-state index is 13.4. The van der Waals surface area contributed by atoms with Crippen LogP contribution in [0, 0.1) is 11.3 Å². The third-order valence-corrected chi connectivity index (χ3v) is 3.63. The third kappa shape index (κ3) is 4.00. The van der Waals surface area contributed by atoms with Crippen molar-refractivity contribution in [3.63, 3.8) is 0 Å². The van der Waals surface area contributed by atoms with Crippen LogP contribution in [0.4, 0.5) is 8.78 Å². The van der Waals surface area contributed by atoms with Crippen LogP contribution in [0.1, 0.15) is 52.9 Å². The minimum atomic E-state index is -2.50. The first kappa shape index (κ1) is 13.9. The fourth-order valence-corrected chi connectivity index (χ4v) is 1.95. The van der Waals surface area contributed by atoms with Crippen LogP contribution in [-0.4, -0.2) is 19.1 Å². The van der Waals surface area contributed by atoms with Crippen molar-refractivity contribution < 1.29 is 13.5 Å². The van der Waals surface area contributed by atoms with Gasteiger partial charge in [-0.1, -0.05) is 13.8 Å². The van der Waals surface area contributed by atoms with Crippen molar-refractivity contribution in [3.05, 3.63) is 0 Å². The highest BCUT2D eigenvalue weighted by atomic mass is 19.3. The summed E-state index contributed by atoms with van der Waals surface area (Å²) in [7, 11) is 0. The molecule has 0 amide bonds. The zero-order chi connectivity index (χ0) is 12.2. The fourth-order valence-electron chi connectivity index (χ4n) is 1.95. The van der Waals surface area contributed by atoms with Gasteiger partial charge < -0.3 is 4.74 Å². The van der Waals surface area contributed by atoms with Gasteiger partial charge in [-0.2, -0.15) is 0 Å². The molecular weight excluding hydrogens is 210 g/mol. The number of rotatable bonds is 8. The molecule has 1 saturated carbocycles. The number of hydrogen-bond donors (Lipinski definition) is 0. The van der Waals surface area contributed by atoms with E-state index in [0.717, 1.165) is 32.5 Å². The summed E-state index contributed by atoms with van der Waals surface area (Å²) in [4.78, 5) is 0. The average Bonchev–Trinajstić information content (AvgIpc) is 2.95. The molecule has 0 aliphatic heterocycles. The number of ether oxygens (including phenoxy) is 1. The van der Waals surface area contributed by atoms with E-state index >= 15 is 0 Å². The van der Waals surface area contributed by atoms with Gasteiger partial charge in [0.1, 0.15) is 0 Å². The Kier molecular flexibility index (Phi) is 4.72. The van der Waals surface area contributed by atoms with Gasteiger partial charge in [0.2, 0.25) is 5.92 Å². The zero-order valence-electron chi connectivity index (χ0n) is 10.7. The standard InChI is InChI=1S/C13H24F2O/c1-4-16-10-12(8-9-12)6-5-7-13(14,15)11(2)3/h11H,4-10H2,1-3H3. The van der Waals surface area contributed by atoms with Gasteiger partial charge in [-0.05, 0) is 38.0 Å². The largest absolute Gasteiger partial charge is 0.381 e. The first-order valence-electron chi connectivity index (χ1n) is 6.37. The van der Waals surface area contributed by atoms with E-state index in [0.29, 0.717) is 6.42 Å². The molecule has 0 heterocycles. The van der Waals surface area contributed by atoms with Crippen molar-refractivity contribution in [2.45, 2.75) is 58.8 Å². The second-order valence-corrected chi connectivity index (χ2v) is 5.41. The Morgan fingerprint density at radius 1 is 1.31 bits per heavy atom. The summed E-state index contributed by atoms with van der Waals surface area (Å²) in [5.74, 6) is -3.05. The van der Waals surface area contributed by atoms with Gasteiger partial charge in [0, 0.05) is 18.9 Å². The Labute approximate surface area is 97.6 Å². The first-order valence-corrected chi connectivity index (χ1v) is 6.37. The lowest BCUT2D eigenvalue weighted by Gasteiger charge is -2.21. The lowest BCUT2D eigenvalue weighted by Crippen LogP contribution is -2.24. The molecule has 0 N–H and O–H groups in total. The van der Waals surface area contributed by atoms with E-state index in [-0.39, 0.29) is 11.8 Å². The monoisotopic (exact) mass is 234 g/mol. The van der Waals surface area contributed by atoms with Gasteiger partial charge in [-0.3, -0.25) is 0 Å². The molecule has 1 aliphatic carbocycles. The molecule has 96 valence electrons. The van der Waals surface area contributed by atoms with Crippen LogP contribution in [-0.2, 0) is 4.74 Å². The highest BCUT2D eigenvalue weighted by Crippen LogP contribution is 2.50. The fraction of sp³-hybridized carbons (Fsp3) is 1.00. The molecule has 0 spiro atoms. The molecule has 3 heteroatoms. The topological polar surface area (TPSA) is 9.23 Å². The summed E-state index contributed by atoms with van der Waals surface area (Å²) < 4.78 is 32.1. The Hall–Kier alpha value is -0.180. The lowest BCUT2D eigenvalue weighted by molar-refractivity contribution is -0.0556. The van der Waals surface area contributed by atoms with Crippen LogP contribution in [0.3, 0.4) is 0 Å². The first-order chi connectivity index (χ1) is 7.42. The Balaban J connectivity index is 2.20. The molecule has 1 fully saturated rings. The van der Waals surface area contributed by atoms with Crippen molar-refractivity contribution in [2.75, 3.05) is 13.2 Å². The average molecular weight is 234 g/mol. The lowest BCUT2D eigenvalue weighted by atomic mass is 9.94. The minimum absolute atomic E-state index is 0.0263. The molecule has 1 nitrogen and oxygen atoms in total. The number of halogens is 2. The zero-order valence-corrected chi connectivity index (χ0v) is 10.7. The summed E-state index contributed by atoms with van der Waals surface area (Å²) in [6, 6.07) is 0. The number of hydrogen-bond acceptors (Lipinski definition) is 1. The van der Waals surface area contributed by atoms with Crippen molar-refractivity contribution in [2.24, 2.45) is 11.3 Å². The molecular formula is C13H24F2O. The molecule has 0 aromatic heterocycles. The second kappa shape index (κ2) is 5.44. The van der Waals surface area contributed by atoms with Gasteiger partial charge in [0.15, 0.2) is 0 Å². The molecule has 0 aromatic rings. The summed E-state index contributed by atoms with van der Waals surface area (Å²) in [6.07, 6.45) is 3.85. The van der Waals surface area contributed by atoms with Crippen LogP contribution >= 0.6 is 0 Å². The van der Waals surface area contributed by atoms with E-state index in [9.17, 15) is 8.78 Å². The minimum Gasteiger partial charge on any atom is -0.381 e. The van der Waals surface area contributed by atoms with Crippen LogP contribution < -0.4 is 0 Å². The van der Waals surface area contributed by atoms with E-state index in [1.807, 2.05) is 6.92 Å². The van der Waals surface area contributed by atoms with E-state index in [1.165, 1.54) is 0 Å². The Bertz CT molecular complexity index is 210. The molecule has 0 radical (unpaired) electrons. The smallest absolute Gasteiger partial charge is 0.250 e. The second-order valence-electron chi connectivity index (χ2n) is 5.41. The quantitative estimate of drug-likeness (QED) is 0.609. The summed E-state index contributed by atoms with van der Waals surface area (Å²) in [6.45, 7) is 6.64. The Morgan fingerprint density at radius 3 is 2.38 bits per heavy atom. The van der Waals surface area contributed by atoms with Crippen LogP contribution in [0.2, 0.25) is 0 Å².